The normalized spacial score (nSPS) is 11.2. The lowest BCUT2D eigenvalue weighted by Crippen LogP contribution is -1.99. The van der Waals surface area contributed by atoms with Gasteiger partial charge in [0, 0.05) is 4.88 Å². The summed E-state index contributed by atoms with van der Waals surface area (Å²) in [5, 5.41) is 17.2. The van der Waals surface area contributed by atoms with Gasteiger partial charge in [0.2, 0.25) is 11.8 Å². The van der Waals surface area contributed by atoms with Crippen LogP contribution in [-0.4, -0.2) is 26.3 Å². The van der Waals surface area contributed by atoms with E-state index in [1.807, 2.05) is 24.3 Å². The Morgan fingerprint density at radius 1 is 1.16 bits per heavy atom. The Morgan fingerprint density at radius 3 is 2.76 bits per heavy atom. The fourth-order valence-electron chi connectivity index (χ4n) is 2.36. The number of thiazole rings is 1. The molecule has 0 amide bonds. The van der Waals surface area contributed by atoms with Crippen molar-refractivity contribution in [1.29, 1.82) is 0 Å². The molecule has 3 aromatic heterocycles. The standard InChI is InChI=1S/C16H10ClN3O3S2/c17-12-4-3-10(24-12)8-1-2-9-11(5-8)25-15(18-9)6-13-19-20-14(23-13)7-16(21)22/h1-5H,6-7H2,(H,21,22). The van der Waals surface area contributed by atoms with Crippen LogP contribution in [0.4, 0.5) is 0 Å². The number of carboxylic acid groups (broad SMARTS) is 1. The van der Waals surface area contributed by atoms with Gasteiger partial charge in [0.05, 0.1) is 21.0 Å². The van der Waals surface area contributed by atoms with Crippen LogP contribution in [0.15, 0.2) is 34.7 Å². The van der Waals surface area contributed by atoms with Crippen LogP contribution < -0.4 is 0 Å². The number of nitrogens with zero attached hydrogens (tertiary/aromatic N) is 3. The van der Waals surface area contributed by atoms with Gasteiger partial charge in [-0.25, -0.2) is 4.98 Å². The Balaban J connectivity index is 1.58. The lowest BCUT2D eigenvalue weighted by Gasteiger charge is -1.96. The molecule has 0 aliphatic rings. The number of benzene rings is 1. The zero-order chi connectivity index (χ0) is 17.4. The van der Waals surface area contributed by atoms with Crippen molar-refractivity contribution in [3.63, 3.8) is 0 Å². The first-order chi connectivity index (χ1) is 12.1. The van der Waals surface area contributed by atoms with E-state index >= 15 is 0 Å². The fourth-order valence-corrected chi connectivity index (χ4v) is 4.40. The molecule has 0 spiro atoms. The summed E-state index contributed by atoms with van der Waals surface area (Å²) >= 11 is 9.09. The molecule has 3 heterocycles. The number of carboxylic acids is 1. The number of carbonyl (C=O) groups is 1. The van der Waals surface area contributed by atoms with Crippen LogP contribution in [0.3, 0.4) is 0 Å². The molecule has 1 aromatic carbocycles. The molecule has 1 N–H and O–H groups in total. The summed E-state index contributed by atoms with van der Waals surface area (Å²) in [4.78, 5) is 16.3. The van der Waals surface area contributed by atoms with Crippen molar-refractivity contribution >= 4 is 50.5 Å². The highest BCUT2D eigenvalue weighted by Crippen LogP contribution is 2.34. The number of fused-ring (bicyclic) bond motifs is 1. The van der Waals surface area contributed by atoms with Gasteiger partial charge in [0.1, 0.15) is 11.4 Å². The van der Waals surface area contributed by atoms with E-state index < -0.39 is 5.97 Å². The summed E-state index contributed by atoms with van der Waals surface area (Å²) in [5.74, 6) is -0.544. The maximum absolute atomic E-state index is 10.7. The Labute approximate surface area is 154 Å². The van der Waals surface area contributed by atoms with Crippen molar-refractivity contribution in [1.82, 2.24) is 15.2 Å². The van der Waals surface area contributed by atoms with Crippen molar-refractivity contribution < 1.29 is 14.3 Å². The molecule has 25 heavy (non-hydrogen) atoms. The van der Waals surface area contributed by atoms with Crippen molar-refractivity contribution in [3.8, 4) is 10.4 Å². The molecule has 0 atom stereocenters. The zero-order valence-electron chi connectivity index (χ0n) is 12.6. The highest BCUT2D eigenvalue weighted by atomic mass is 35.5. The van der Waals surface area contributed by atoms with Crippen LogP contribution in [0, 0.1) is 0 Å². The molecule has 0 bridgehead atoms. The van der Waals surface area contributed by atoms with Gasteiger partial charge < -0.3 is 9.52 Å². The second-order valence-electron chi connectivity index (χ2n) is 5.23. The molecule has 0 saturated carbocycles. The minimum Gasteiger partial charge on any atom is -0.481 e. The van der Waals surface area contributed by atoms with Gasteiger partial charge in [-0.3, -0.25) is 4.79 Å². The predicted molar refractivity (Wildman–Crippen MR) is 96.4 cm³/mol. The number of aromatic nitrogens is 3. The molecular weight excluding hydrogens is 382 g/mol. The summed E-state index contributed by atoms with van der Waals surface area (Å²) < 4.78 is 7.16. The first-order valence-corrected chi connectivity index (χ1v) is 9.26. The minimum atomic E-state index is -1.00. The quantitative estimate of drug-likeness (QED) is 0.546. The van der Waals surface area contributed by atoms with E-state index in [0.717, 1.165) is 30.0 Å². The van der Waals surface area contributed by atoms with Crippen LogP contribution in [0.5, 0.6) is 0 Å². The van der Waals surface area contributed by atoms with Gasteiger partial charge >= 0.3 is 5.97 Å². The summed E-state index contributed by atoms with van der Waals surface area (Å²) in [7, 11) is 0. The van der Waals surface area contributed by atoms with E-state index in [4.69, 9.17) is 21.1 Å². The Bertz CT molecular complexity index is 1070. The molecule has 126 valence electrons. The van der Waals surface area contributed by atoms with E-state index in [2.05, 4.69) is 21.2 Å². The van der Waals surface area contributed by atoms with Gasteiger partial charge in [0.15, 0.2) is 0 Å². The molecule has 4 rings (SSSR count). The molecule has 0 aliphatic heterocycles. The van der Waals surface area contributed by atoms with Gasteiger partial charge in [-0.1, -0.05) is 17.7 Å². The van der Waals surface area contributed by atoms with Crippen molar-refractivity contribution in [2.45, 2.75) is 12.8 Å². The average molecular weight is 392 g/mol. The summed E-state index contributed by atoms with van der Waals surface area (Å²) in [6, 6.07) is 9.96. The number of hydrogen-bond acceptors (Lipinski definition) is 7. The third kappa shape index (κ3) is 3.55. The number of hydrogen-bond donors (Lipinski definition) is 1. The van der Waals surface area contributed by atoms with E-state index in [0.29, 0.717) is 12.3 Å². The largest absolute Gasteiger partial charge is 0.481 e. The lowest BCUT2D eigenvalue weighted by molar-refractivity contribution is -0.136. The third-order valence-electron chi connectivity index (χ3n) is 3.40. The van der Waals surface area contributed by atoms with Gasteiger partial charge in [-0.15, -0.1) is 32.9 Å². The van der Waals surface area contributed by atoms with E-state index in [1.165, 1.54) is 11.3 Å². The van der Waals surface area contributed by atoms with Crippen LogP contribution in [0.1, 0.15) is 16.8 Å². The highest BCUT2D eigenvalue weighted by Gasteiger charge is 2.13. The fraction of sp³-hybridized carbons (Fsp3) is 0.125. The Hall–Kier alpha value is -2.29. The third-order valence-corrected chi connectivity index (χ3v) is 5.70. The predicted octanol–water partition coefficient (Wildman–Crippen LogP) is 4.28. The molecule has 6 nitrogen and oxygen atoms in total. The molecule has 0 aliphatic carbocycles. The summed E-state index contributed by atoms with van der Waals surface area (Å²) in [6.07, 6.45) is 0.103. The van der Waals surface area contributed by atoms with Crippen LogP contribution in [0.2, 0.25) is 4.34 Å². The molecular formula is C16H10ClN3O3S2. The maximum Gasteiger partial charge on any atom is 0.312 e. The lowest BCUT2D eigenvalue weighted by atomic mass is 10.2. The maximum atomic E-state index is 10.7. The van der Waals surface area contributed by atoms with Crippen LogP contribution in [-0.2, 0) is 17.6 Å². The Kier molecular flexibility index (Phi) is 4.24. The monoisotopic (exact) mass is 391 g/mol. The van der Waals surface area contributed by atoms with E-state index in [1.54, 1.807) is 11.3 Å². The van der Waals surface area contributed by atoms with Gasteiger partial charge in [0.25, 0.3) is 0 Å². The van der Waals surface area contributed by atoms with Gasteiger partial charge in [-0.05, 0) is 29.8 Å². The number of thiophene rings is 1. The van der Waals surface area contributed by atoms with Crippen molar-refractivity contribution in [2.24, 2.45) is 0 Å². The van der Waals surface area contributed by atoms with E-state index in [9.17, 15) is 4.79 Å². The van der Waals surface area contributed by atoms with Crippen LogP contribution >= 0.6 is 34.3 Å². The number of aliphatic carboxylic acids is 1. The first kappa shape index (κ1) is 16.2. The topological polar surface area (TPSA) is 89.1 Å². The molecule has 0 radical (unpaired) electrons. The smallest absolute Gasteiger partial charge is 0.312 e. The highest BCUT2D eigenvalue weighted by molar-refractivity contribution is 7.19. The molecule has 4 aromatic rings. The SMILES string of the molecule is O=C(O)Cc1nnc(Cc2nc3ccc(-c4ccc(Cl)s4)cc3s2)o1. The minimum absolute atomic E-state index is 0.0977. The van der Waals surface area contributed by atoms with Crippen molar-refractivity contribution in [3.05, 3.63) is 51.5 Å². The van der Waals surface area contributed by atoms with Crippen molar-refractivity contribution in [2.75, 3.05) is 0 Å². The molecule has 9 heteroatoms. The molecule has 0 saturated heterocycles. The average Bonchev–Trinajstić information content (AvgIpc) is 3.26. The first-order valence-electron chi connectivity index (χ1n) is 7.25. The number of halogens is 1. The Morgan fingerprint density at radius 2 is 2.00 bits per heavy atom. The molecule has 0 unspecified atom stereocenters. The van der Waals surface area contributed by atoms with E-state index in [-0.39, 0.29) is 12.3 Å². The number of rotatable bonds is 5. The van der Waals surface area contributed by atoms with Crippen LogP contribution in [0.25, 0.3) is 20.7 Å². The van der Waals surface area contributed by atoms with Gasteiger partial charge in [-0.2, -0.15) is 0 Å². The summed E-state index contributed by atoms with van der Waals surface area (Å²) in [5.41, 5.74) is 2.00. The summed E-state index contributed by atoms with van der Waals surface area (Å²) in [6.45, 7) is 0. The molecule has 0 fully saturated rings. The zero-order valence-corrected chi connectivity index (χ0v) is 15.0. The second kappa shape index (κ2) is 6.55. The second-order valence-corrected chi connectivity index (χ2v) is 8.06.